The molecule has 1 aromatic heterocycles. The smallest absolute Gasteiger partial charge is 0.123 e. The van der Waals surface area contributed by atoms with E-state index in [0.29, 0.717) is 5.92 Å². The molecular formula is C14H16FN. The van der Waals surface area contributed by atoms with Crippen LogP contribution in [0.3, 0.4) is 0 Å². The maximum Gasteiger partial charge on any atom is 0.123 e. The lowest BCUT2D eigenvalue weighted by Crippen LogP contribution is -1.93. The number of rotatable bonds is 2. The average Bonchev–Trinajstić information content (AvgIpc) is 2.64. The molecule has 0 atom stereocenters. The second-order valence-electron chi connectivity index (χ2n) is 4.44. The van der Waals surface area contributed by atoms with Crippen LogP contribution in [0.2, 0.25) is 0 Å². The van der Waals surface area contributed by atoms with Crippen LogP contribution >= 0.6 is 0 Å². The number of H-pyrrole nitrogens is 1. The van der Waals surface area contributed by atoms with Gasteiger partial charge in [0.1, 0.15) is 5.82 Å². The van der Waals surface area contributed by atoms with Gasteiger partial charge in [-0.05, 0) is 42.7 Å². The third-order valence-electron chi connectivity index (χ3n) is 2.76. The van der Waals surface area contributed by atoms with Crippen LogP contribution in [0.5, 0.6) is 0 Å². The van der Waals surface area contributed by atoms with E-state index in [-0.39, 0.29) is 5.82 Å². The van der Waals surface area contributed by atoms with Gasteiger partial charge in [-0.1, -0.05) is 19.9 Å². The zero-order valence-electron chi connectivity index (χ0n) is 9.84. The lowest BCUT2D eigenvalue weighted by Gasteiger charge is -2.11. The Kier molecular flexibility index (Phi) is 2.82. The summed E-state index contributed by atoms with van der Waals surface area (Å²) >= 11 is 0. The zero-order chi connectivity index (χ0) is 11.7. The minimum Gasteiger partial charge on any atom is -0.359 e. The summed E-state index contributed by atoms with van der Waals surface area (Å²) in [5.74, 6) is 0.200. The standard InChI is InChI=1S/C14H16FN/c1-9(2)12-6-5-11(15)8-13(12)14-7-4-10(3)16-14/h4-9,16H,1-3H3. The van der Waals surface area contributed by atoms with E-state index in [1.165, 1.54) is 11.6 Å². The summed E-state index contributed by atoms with van der Waals surface area (Å²) in [6.45, 7) is 6.23. The molecule has 0 fully saturated rings. The highest BCUT2D eigenvalue weighted by Gasteiger charge is 2.10. The molecule has 0 amide bonds. The topological polar surface area (TPSA) is 15.8 Å². The number of aryl methyl sites for hydroxylation is 1. The highest BCUT2D eigenvalue weighted by Crippen LogP contribution is 2.29. The first-order valence-corrected chi connectivity index (χ1v) is 5.53. The monoisotopic (exact) mass is 217 g/mol. The fourth-order valence-electron chi connectivity index (χ4n) is 1.93. The van der Waals surface area contributed by atoms with Crippen molar-refractivity contribution in [3.8, 4) is 11.3 Å². The number of hydrogen-bond acceptors (Lipinski definition) is 0. The molecule has 1 aromatic carbocycles. The van der Waals surface area contributed by atoms with E-state index in [1.54, 1.807) is 6.07 Å². The van der Waals surface area contributed by atoms with Crippen LogP contribution in [0.4, 0.5) is 4.39 Å². The van der Waals surface area contributed by atoms with Gasteiger partial charge in [0, 0.05) is 17.0 Å². The van der Waals surface area contributed by atoms with Gasteiger partial charge in [-0.2, -0.15) is 0 Å². The van der Waals surface area contributed by atoms with Crippen molar-refractivity contribution in [2.75, 3.05) is 0 Å². The normalized spacial score (nSPS) is 11.1. The summed E-state index contributed by atoms with van der Waals surface area (Å²) in [5.41, 5.74) is 4.21. The van der Waals surface area contributed by atoms with Crippen molar-refractivity contribution >= 4 is 0 Å². The van der Waals surface area contributed by atoms with Crippen molar-refractivity contribution in [1.29, 1.82) is 0 Å². The first kappa shape index (κ1) is 10.9. The van der Waals surface area contributed by atoms with Crippen molar-refractivity contribution in [1.82, 2.24) is 4.98 Å². The lowest BCUT2D eigenvalue weighted by molar-refractivity contribution is 0.627. The van der Waals surface area contributed by atoms with E-state index in [1.807, 2.05) is 25.1 Å². The molecule has 0 spiro atoms. The maximum atomic E-state index is 13.3. The SMILES string of the molecule is Cc1ccc(-c2cc(F)ccc2C(C)C)[nH]1. The van der Waals surface area contributed by atoms with Crippen LogP contribution in [-0.2, 0) is 0 Å². The predicted molar refractivity (Wildman–Crippen MR) is 65.0 cm³/mol. The van der Waals surface area contributed by atoms with Gasteiger partial charge in [0.05, 0.1) is 0 Å². The molecule has 0 aliphatic rings. The van der Waals surface area contributed by atoms with E-state index >= 15 is 0 Å². The molecule has 0 bridgehead atoms. The lowest BCUT2D eigenvalue weighted by atomic mass is 9.95. The fraction of sp³-hybridized carbons (Fsp3) is 0.286. The molecule has 2 heteroatoms. The Balaban J connectivity index is 2.57. The molecule has 2 aromatic rings. The van der Waals surface area contributed by atoms with Crippen LogP contribution in [0.1, 0.15) is 31.0 Å². The molecule has 0 aliphatic carbocycles. The second kappa shape index (κ2) is 4.12. The van der Waals surface area contributed by atoms with Crippen molar-refractivity contribution in [2.45, 2.75) is 26.7 Å². The van der Waals surface area contributed by atoms with Gasteiger partial charge in [-0.15, -0.1) is 0 Å². The zero-order valence-corrected chi connectivity index (χ0v) is 9.84. The van der Waals surface area contributed by atoms with Crippen molar-refractivity contribution in [2.24, 2.45) is 0 Å². The third-order valence-corrected chi connectivity index (χ3v) is 2.76. The highest BCUT2D eigenvalue weighted by atomic mass is 19.1. The summed E-state index contributed by atoms with van der Waals surface area (Å²) in [5, 5.41) is 0. The molecule has 16 heavy (non-hydrogen) atoms. The van der Waals surface area contributed by atoms with E-state index in [4.69, 9.17) is 0 Å². The number of nitrogens with one attached hydrogen (secondary N) is 1. The first-order valence-electron chi connectivity index (χ1n) is 5.53. The highest BCUT2D eigenvalue weighted by molar-refractivity contribution is 5.65. The molecule has 0 saturated carbocycles. The van der Waals surface area contributed by atoms with Gasteiger partial charge in [-0.3, -0.25) is 0 Å². The Morgan fingerprint density at radius 3 is 2.44 bits per heavy atom. The van der Waals surface area contributed by atoms with Crippen LogP contribution < -0.4 is 0 Å². The molecule has 0 unspecified atom stereocenters. The largest absolute Gasteiger partial charge is 0.359 e. The number of benzene rings is 1. The quantitative estimate of drug-likeness (QED) is 0.774. The Bertz CT molecular complexity index is 497. The number of hydrogen-bond donors (Lipinski definition) is 1. The average molecular weight is 217 g/mol. The molecular weight excluding hydrogens is 201 g/mol. The molecule has 0 saturated heterocycles. The second-order valence-corrected chi connectivity index (χ2v) is 4.44. The number of halogens is 1. The maximum absolute atomic E-state index is 13.3. The van der Waals surface area contributed by atoms with Gasteiger partial charge < -0.3 is 4.98 Å². The molecule has 1 nitrogen and oxygen atoms in total. The summed E-state index contributed by atoms with van der Waals surface area (Å²) < 4.78 is 13.3. The summed E-state index contributed by atoms with van der Waals surface area (Å²) in [4.78, 5) is 3.25. The number of aromatic nitrogens is 1. The minimum absolute atomic E-state index is 0.188. The summed E-state index contributed by atoms with van der Waals surface area (Å²) in [6, 6.07) is 8.99. The summed E-state index contributed by atoms with van der Waals surface area (Å²) in [7, 11) is 0. The van der Waals surface area contributed by atoms with Crippen molar-refractivity contribution < 1.29 is 4.39 Å². The van der Waals surface area contributed by atoms with Crippen LogP contribution in [0, 0.1) is 12.7 Å². The first-order chi connectivity index (χ1) is 7.58. The molecule has 2 rings (SSSR count). The minimum atomic E-state index is -0.188. The van der Waals surface area contributed by atoms with Crippen molar-refractivity contribution in [3.05, 3.63) is 47.4 Å². The molecule has 1 N–H and O–H groups in total. The Morgan fingerprint density at radius 1 is 1.12 bits per heavy atom. The third kappa shape index (κ3) is 2.01. The molecule has 0 radical (unpaired) electrons. The van der Waals surface area contributed by atoms with Gasteiger partial charge in [-0.25, -0.2) is 4.39 Å². The fourth-order valence-corrected chi connectivity index (χ4v) is 1.93. The van der Waals surface area contributed by atoms with Gasteiger partial charge in [0.2, 0.25) is 0 Å². The van der Waals surface area contributed by atoms with Crippen molar-refractivity contribution in [3.63, 3.8) is 0 Å². The van der Waals surface area contributed by atoms with E-state index < -0.39 is 0 Å². The molecule has 84 valence electrons. The predicted octanol–water partition coefficient (Wildman–Crippen LogP) is 4.25. The van der Waals surface area contributed by atoms with Gasteiger partial charge in [0.25, 0.3) is 0 Å². The van der Waals surface area contributed by atoms with Gasteiger partial charge >= 0.3 is 0 Å². The molecule has 1 heterocycles. The van der Waals surface area contributed by atoms with E-state index in [0.717, 1.165) is 17.0 Å². The van der Waals surface area contributed by atoms with Crippen LogP contribution in [0.25, 0.3) is 11.3 Å². The van der Waals surface area contributed by atoms with E-state index in [9.17, 15) is 4.39 Å². The number of aromatic amines is 1. The molecule has 0 aliphatic heterocycles. The summed E-state index contributed by atoms with van der Waals surface area (Å²) in [6.07, 6.45) is 0. The Morgan fingerprint density at radius 2 is 1.88 bits per heavy atom. The van der Waals surface area contributed by atoms with Gasteiger partial charge in [0.15, 0.2) is 0 Å². The van der Waals surface area contributed by atoms with Crippen LogP contribution in [0.15, 0.2) is 30.3 Å². The van der Waals surface area contributed by atoms with E-state index in [2.05, 4.69) is 18.8 Å². The Hall–Kier alpha value is -1.57. The van der Waals surface area contributed by atoms with Crippen LogP contribution in [-0.4, -0.2) is 4.98 Å². The Labute approximate surface area is 95.3 Å².